The van der Waals surface area contributed by atoms with E-state index in [1.54, 1.807) is 0 Å². The number of hydrogen-bond donors (Lipinski definition) is 2. The van der Waals surface area contributed by atoms with Gasteiger partial charge < -0.3 is 5.32 Å². The molecule has 266 valence electrons. The second-order valence-corrected chi connectivity index (χ2v) is 14.7. The first kappa shape index (κ1) is 33.1. The van der Waals surface area contributed by atoms with Crippen LogP contribution in [0.3, 0.4) is 0 Å². The lowest BCUT2D eigenvalue weighted by atomic mass is 9.86. The van der Waals surface area contributed by atoms with Gasteiger partial charge in [0, 0.05) is 28.1 Å². The first-order chi connectivity index (χ1) is 27.3. The highest BCUT2D eigenvalue weighted by atomic mass is 15.2. The summed E-state index contributed by atoms with van der Waals surface area (Å²) in [4.78, 5) is 0. The third kappa shape index (κ3) is 6.25. The maximum absolute atomic E-state index is 5.19. The summed E-state index contributed by atoms with van der Waals surface area (Å²) in [6, 6.07) is 48.2. The molecule has 7 aromatic rings. The molecule has 5 aromatic carbocycles. The Labute approximate surface area is 322 Å². The van der Waals surface area contributed by atoms with Crippen LogP contribution in [0.5, 0.6) is 0 Å². The molecule has 3 atom stereocenters. The molecule has 0 saturated carbocycles. The van der Waals surface area contributed by atoms with Gasteiger partial charge in [0.2, 0.25) is 0 Å². The molecule has 0 fully saturated rings. The fourth-order valence-electron chi connectivity index (χ4n) is 8.63. The molecule has 4 heteroatoms. The number of aromatic nitrogens is 2. The van der Waals surface area contributed by atoms with E-state index in [0.29, 0.717) is 0 Å². The predicted octanol–water partition coefficient (Wildman–Crippen LogP) is 12.1. The summed E-state index contributed by atoms with van der Waals surface area (Å²) in [5.41, 5.74) is 14.6. The fourth-order valence-corrected chi connectivity index (χ4v) is 8.63. The van der Waals surface area contributed by atoms with Crippen LogP contribution in [-0.4, -0.2) is 9.61 Å². The van der Waals surface area contributed by atoms with E-state index in [9.17, 15) is 0 Å². The van der Waals surface area contributed by atoms with Crippen molar-refractivity contribution in [2.24, 2.45) is 0 Å². The van der Waals surface area contributed by atoms with Gasteiger partial charge in [-0.05, 0) is 75.7 Å². The van der Waals surface area contributed by atoms with Gasteiger partial charge in [0.25, 0.3) is 0 Å². The van der Waals surface area contributed by atoms with Crippen molar-refractivity contribution in [3.05, 3.63) is 216 Å². The Hall–Kier alpha value is -6.49. The highest BCUT2D eigenvalue weighted by molar-refractivity contribution is 6.08. The Bertz CT molecular complexity index is 2680. The molecule has 4 nitrogen and oxygen atoms in total. The molecule has 3 aliphatic rings. The van der Waals surface area contributed by atoms with Crippen molar-refractivity contribution in [3.8, 4) is 22.3 Å². The summed E-state index contributed by atoms with van der Waals surface area (Å²) >= 11 is 0. The molecule has 0 amide bonds. The minimum atomic E-state index is -0.0676. The molecular formula is C51H42N4. The summed E-state index contributed by atoms with van der Waals surface area (Å²) in [7, 11) is 0. The van der Waals surface area contributed by atoms with Gasteiger partial charge in [0.1, 0.15) is 6.17 Å². The molecule has 0 saturated heterocycles. The van der Waals surface area contributed by atoms with Gasteiger partial charge in [-0.25, -0.2) is 4.52 Å². The number of allylic oxidation sites excluding steroid dienone is 8. The van der Waals surface area contributed by atoms with E-state index in [2.05, 4.69) is 203 Å². The minimum Gasteiger partial charge on any atom is -0.366 e. The van der Waals surface area contributed by atoms with Crippen molar-refractivity contribution in [3.63, 3.8) is 0 Å². The van der Waals surface area contributed by atoms with E-state index in [0.717, 1.165) is 30.5 Å². The molecule has 55 heavy (non-hydrogen) atoms. The number of pyridine rings is 1. The van der Waals surface area contributed by atoms with Gasteiger partial charge in [-0.1, -0.05) is 170 Å². The number of benzene rings is 5. The van der Waals surface area contributed by atoms with E-state index in [1.165, 1.54) is 66.5 Å². The van der Waals surface area contributed by atoms with Crippen LogP contribution in [0.2, 0.25) is 0 Å². The van der Waals surface area contributed by atoms with Crippen molar-refractivity contribution in [1.82, 2.24) is 20.2 Å². The van der Waals surface area contributed by atoms with Crippen LogP contribution in [0.1, 0.15) is 65.3 Å². The van der Waals surface area contributed by atoms with Crippen LogP contribution < -0.4 is 10.6 Å². The zero-order valence-corrected chi connectivity index (χ0v) is 30.6. The standard InChI is InChI=1S/C51H42N4/c1-5-16-35(17-6-1)36-28-30-38(31-29-36)46-33-47(54-51(53-46)40-22-11-4-12-23-40)41-24-15-25-42(32-41)48-43-26-13-14-27-44(43)50-45(37-18-7-2-8-19-37)34-52-55(50)49(48)39-20-9-3-10-21-39/h1-7,9-18,20,22-34,39,47,51,53-54H,8,19,21H2. The third-order valence-corrected chi connectivity index (χ3v) is 11.3. The molecule has 3 heterocycles. The van der Waals surface area contributed by atoms with Crippen LogP contribution in [0.4, 0.5) is 0 Å². The highest BCUT2D eigenvalue weighted by Crippen LogP contribution is 2.43. The van der Waals surface area contributed by atoms with Crippen LogP contribution in [0.15, 0.2) is 188 Å². The SMILES string of the molecule is C1=CCCC(c2cnn3c(C4C=CC=CC4)c(-c4cccc(C5C=C(c6ccc(-c7ccccc7)cc6)NC(c6ccccc6)N5)c4)c4ccccc4c23)=C1. The van der Waals surface area contributed by atoms with Gasteiger partial charge >= 0.3 is 0 Å². The van der Waals surface area contributed by atoms with E-state index in [1.807, 2.05) is 0 Å². The summed E-state index contributed by atoms with van der Waals surface area (Å²) in [5.74, 6) is 0.188. The van der Waals surface area contributed by atoms with E-state index in [4.69, 9.17) is 5.10 Å². The van der Waals surface area contributed by atoms with E-state index in [-0.39, 0.29) is 18.1 Å². The summed E-state index contributed by atoms with van der Waals surface area (Å²) in [6.07, 6.45) is 23.1. The number of hydrogen-bond acceptors (Lipinski definition) is 3. The number of nitrogens with one attached hydrogen (secondary N) is 2. The zero-order valence-electron chi connectivity index (χ0n) is 30.6. The normalized spacial score (nSPS) is 19.3. The summed E-state index contributed by atoms with van der Waals surface area (Å²) in [5, 5.41) is 15.5. The number of nitrogens with zero attached hydrogens (tertiary/aromatic N) is 2. The second kappa shape index (κ2) is 14.4. The second-order valence-electron chi connectivity index (χ2n) is 14.7. The molecule has 2 aromatic heterocycles. The molecule has 10 rings (SSSR count). The summed E-state index contributed by atoms with van der Waals surface area (Å²) in [6.45, 7) is 0. The van der Waals surface area contributed by atoms with Crippen molar-refractivity contribution in [2.45, 2.75) is 37.4 Å². The Morgan fingerprint density at radius 2 is 1.36 bits per heavy atom. The smallest absolute Gasteiger partial charge is 0.104 e. The van der Waals surface area contributed by atoms with Crippen molar-refractivity contribution < 1.29 is 0 Å². The van der Waals surface area contributed by atoms with Crippen molar-refractivity contribution in [1.29, 1.82) is 0 Å². The Kier molecular flexibility index (Phi) is 8.66. The molecule has 2 N–H and O–H groups in total. The number of fused-ring (bicyclic) bond motifs is 3. The van der Waals surface area contributed by atoms with Crippen molar-refractivity contribution in [2.75, 3.05) is 0 Å². The fraction of sp³-hybridized carbons (Fsp3) is 0.118. The first-order valence-corrected chi connectivity index (χ1v) is 19.5. The number of rotatable bonds is 7. The van der Waals surface area contributed by atoms with Crippen LogP contribution in [-0.2, 0) is 0 Å². The first-order valence-electron chi connectivity index (χ1n) is 19.5. The molecule has 2 aliphatic carbocycles. The monoisotopic (exact) mass is 710 g/mol. The van der Waals surface area contributed by atoms with Gasteiger partial charge in [-0.2, -0.15) is 5.10 Å². The maximum Gasteiger partial charge on any atom is 0.104 e. The minimum absolute atomic E-state index is 0.0336. The van der Waals surface area contributed by atoms with Crippen molar-refractivity contribution >= 4 is 27.6 Å². The average Bonchev–Trinajstić information content (AvgIpc) is 3.72. The maximum atomic E-state index is 5.19. The molecule has 0 bridgehead atoms. The Morgan fingerprint density at radius 1 is 0.636 bits per heavy atom. The largest absolute Gasteiger partial charge is 0.366 e. The van der Waals surface area contributed by atoms with Gasteiger partial charge in [-0.3, -0.25) is 5.32 Å². The molecule has 1 aliphatic heterocycles. The molecular weight excluding hydrogens is 669 g/mol. The van der Waals surface area contributed by atoms with Crippen LogP contribution in [0, 0.1) is 0 Å². The lowest BCUT2D eigenvalue weighted by molar-refractivity contribution is 0.443. The summed E-state index contributed by atoms with van der Waals surface area (Å²) < 4.78 is 2.26. The van der Waals surface area contributed by atoms with Gasteiger partial charge in [0.15, 0.2) is 0 Å². The van der Waals surface area contributed by atoms with E-state index >= 15 is 0 Å². The third-order valence-electron chi connectivity index (χ3n) is 11.3. The highest BCUT2D eigenvalue weighted by Gasteiger charge is 2.28. The predicted molar refractivity (Wildman–Crippen MR) is 228 cm³/mol. The van der Waals surface area contributed by atoms with Crippen LogP contribution in [0.25, 0.3) is 49.8 Å². The Morgan fingerprint density at radius 3 is 2.15 bits per heavy atom. The zero-order chi connectivity index (χ0) is 36.6. The van der Waals surface area contributed by atoms with Gasteiger partial charge in [0.05, 0.1) is 23.4 Å². The molecule has 0 radical (unpaired) electrons. The lowest BCUT2D eigenvalue weighted by Gasteiger charge is -2.33. The molecule has 0 spiro atoms. The lowest BCUT2D eigenvalue weighted by Crippen LogP contribution is -2.39. The topological polar surface area (TPSA) is 41.4 Å². The van der Waals surface area contributed by atoms with E-state index < -0.39 is 0 Å². The quantitative estimate of drug-likeness (QED) is 0.173. The Balaban J connectivity index is 1.12. The molecule has 3 unspecified atom stereocenters. The average molecular weight is 711 g/mol. The van der Waals surface area contributed by atoms with Gasteiger partial charge in [-0.15, -0.1) is 0 Å². The van der Waals surface area contributed by atoms with Crippen LogP contribution >= 0.6 is 0 Å².